The summed E-state index contributed by atoms with van der Waals surface area (Å²) in [6.07, 6.45) is 2.24. The second-order valence-electron chi connectivity index (χ2n) is 4.09. The Bertz CT molecular complexity index is 298. The first-order valence-corrected chi connectivity index (χ1v) is 5.76. The predicted octanol–water partition coefficient (Wildman–Crippen LogP) is -0.0242. The van der Waals surface area contributed by atoms with Gasteiger partial charge >= 0.3 is 0 Å². The first kappa shape index (κ1) is 16.6. The number of carbonyl (C=O) groups is 2. The van der Waals surface area contributed by atoms with Crippen molar-refractivity contribution in [1.82, 2.24) is 5.32 Å². The van der Waals surface area contributed by atoms with Crippen LogP contribution in [0.1, 0.15) is 20.3 Å². The van der Waals surface area contributed by atoms with E-state index in [0.717, 1.165) is 5.57 Å². The average molecular weight is 258 g/mol. The zero-order chi connectivity index (χ0) is 14.0. The topological polar surface area (TPSA) is 90.7 Å². The number of ether oxygens (including phenoxy) is 2. The van der Waals surface area contributed by atoms with Crippen LogP contribution in [0.25, 0.3) is 0 Å². The van der Waals surface area contributed by atoms with Gasteiger partial charge in [0.2, 0.25) is 11.8 Å². The SMILES string of the molecule is COCCOCC(=O)N[C@H](CC=C(C)C)C(N)=O. The summed E-state index contributed by atoms with van der Waals surface area (Å²) < 4.78 is 9.81. The number of allylic oxidation sites excluding steroid dienone is 1. The lowest BCUT2D eigenvalue weighted by Crippen LogP contribution is -2.45. The van der Waals surface area contributed by atoms with Crippen molar-refractivity contribution in [2.45, 2.75) is 26.3 Å². The summed E-state index contributed by atoms with van der Waals surface area (Å²) in [7, 11) is 1.55. The molecular formula is C12H22N2O4. The highest BCUT2D eigenvalue weighted by atomic mass is 16.5. The van der Waals surface area contributed by atoms with Gasteiger partial charge in [0.25, 0.3) is 0 Å². The van der Waals surface area contributed by atoms with E-state index in [1.807, 2.05) is 19.9 Å². The second-order valence-corrected chi connectivity index (χ2v) is 4.09. The Balaban J connectivity index is 4.04. The molecule has 0 unspecified atom stereocenters. The van der Waals surface area contributed by atoms with Crippen LogP contribution in [0, 0.1) is 0 Å². The van der Waals surface area contributed by atoms with E-state index >= 15 is 0 Å². The summed E-state index contributed by atoms with van der Waals surface area (Å²) in [5, 5.41) is 2.52. The van der Waals surface area contributed by atoms with Crippen LogP contribution in [0.5, 0.6) is 0 Å². The monoisotopic (exact) mass is 258 g/mol. The van der Waals surface area contributed by atoms with E-state index in [9.17, 15) is 9.59 Å². The molecule has 0 rings (SSSR count). The third-order valence-corrected chi connectivity index (χ3v) is 2.11. The van der Waals surface area contributed by atoms with E-state index in [-0.39, 0.29) is 12.5 Å². The molecule has 0 fully saturated rings. The zero-order valence-corrected chi connectivity index (χ0v) is 11.2. The smallest absolute Gasteiger partial charge is 0.246 e. The third-order valence-electron chi connectivity index (χ3n) is 2.11. The van der Waals surface area contributed by atoms with Crippen LogP contribution < -0.4 is 11.1 Å². The molecule has 6 heteroatoms. The number of methoxy groups -OCH3 is 1. The van der Waals surface area contributed by atoms with E-state index < -0.39 is 11.9 Å². The molecular weight excluding hydrogens is 236 g/mol. The molecule has 0 aromatic rings. The molecule has 1 atom stereocenters. The Kier molecular flexibility index (Phi) is 8.86. The highest BCUT2D eigenvalue weighted by molar-refractivity contribution is 5.87. The van der Waals surface area contributed by atoms with Crippen LogP contribution in [-0.2, 0) is 19.1 Å². The van der Waals surface area contributed by atoms with E-state index in [4.69, 9.17) is 15.2 Å². The molecule has 0 saturated heterocycles. The summed E-state index contributed by atoms with van der Waals surface area (Å²) in [6.45, 7) is 4.47. The number of nitrogens with one attached hydrogen (secondary N) is 1. The van der Waals surface area contributed by atoms with Crippen molar-refractivity contribution in [3.63, 3.8) is 0 Å². The molecule has 0 aliphatic heterocycles. The fourth-order valence-electron chi connectivity index (χ4n) is 1.14. The van der Waals surface area contributed by atoms with Crippen molar-refractivity contribution in [1.29, 1.82) is 0 Å². The van der Waals surface area contributed by atoms with Crippen LogP contribution in [-0.4, -0.2) is 44.8 Å². The van der Waals surface area contributed by atoms with E-state index in [1.165, 1.54) is 0 Å². The quantitative estimate of drug-likeness (QED) is 0.449. The van der Waals surface area contributed by atoms with Gasteiger partial charge in [0.15, 0.2) is 0 Å². The van der Waals surface area contributed by atoms with Crippen molar-refractivity contribution in [3.8, 4) is 0 Å². The normalized spacial score (nSPS) is 11.7. The average Bonchev–Trinajstić information content (AvgIpc) is 2.29. The molecule has 18 heavy (non-hydrogen) atoms. The Hall–Kier alpha value is -1.40. The van der Waals surface area contributed by atoms with Crippen molar-refractivity contribution >= 4 is 11.8 Å². The van der Waals surface area contributed by atoms with Crippen LogP contribution in [0.2, 0.25) is 0 Å². The summed E-state index contributed by atoms with van der Waals surface area (Å²) in [6, 6.07) is -0.696. The minimum absolute atomic E-state index is 0.109. The standard InChI is InChI=1S/C12H22N2O4/c1-9(2)4-5-10(12(13)16)14-11(15)8-18-7-6-17-3/h4,10H,5-8H2,1-3H3,(H2,13,16)(H,14,15)/t10-/m1/s1. The fourth-order valence-corrected chi connectivity index (χ4v) is 1.14. The van der Waals surface area contributed by atoms with E-state index in [2.05, 4.69) is 5.32 Å². The molecule has 0 spiro atoms. The maximum Gasteiger partial charge on any atom is 0.246 e. The third kappa shape index (κ3) is 8.72. The maximum atomic E-state index is 11.5. The summed E-state index contributed by atoms with van der Waals surface area (Å²) in [5.74, 6) is -0.921. The van der Waals surface area contributed by atoms with Gasteiger partial charge in [-0.1, -0.05) is 11.6 Å². The molecule has 0 radical (unpaired) electrons. The van der Waals surface area contributed by atoms with Crippen molar-refractivity contribution in [2.24, 2.45) is 5.73 Å². The molecule has 0 aromatic heterocycles. The molecule has 0 saturated carbocycles. The van der Waals surface area contributed by atoms with Gasteiger partial charge in [-0.25, -0.2) is 0 Å². The van der Waals surface area contributed by atoms with Gasteiger partial charge in [0.05, 0.1) is 13.2 Å². The molecule has 3 N–H and O–H groups in total. The van der Waals surface area contributed by atoms with Crippen LogP contribution in [0.4, 0.5) is 0 Å². The van der Waals surface area contributed by atoms with Gasteiger partial charge < -0.3 is 20.5 Å². The van der Waals surface area contributed by atoms with Gasteiger partial charge in [-0.2, -0.15) is 0 Å². The van der Waals surface area contributed by atoms with Gasteiger partial charge in [0, 0.05) is 7.11 Å². The maximum absolute atomic E-state index is 11.5. The zero-order valence-electron chi connectivity index (χ0n) is 11.2. The van der Waals surface area contributed by atoms with Crippen LogP contribution in [0.15, 0.2) is 11.6 Å². The highest BCUT2D eigenvalue weighted by Gasteiger charge is 2.16. The Labute approximate surface area is 108 Å². The lowest BCUT2D eigenvalue weighted by atomic mass is 10.1. The number of rotatable bonds is 9. The van der Waals surface area contributed by atoms with Gasteiger partial charge in [0.1, 0.15) is 12.6 Å². The van der Waals surface area contributed by atoms with Crippen LogP contribution in [0.3, 0.4) is 0 Å². The summed E-state index contributed by atoms with van der Waals surface area (Å²) >= 11 is 0. The molecule has 0 heterocycles. The molecule has 0 aliphatic carbocycles. The summed E-state index contributed by atoms with van der Waals surface area (Å²) in [4.78, 5) is 22.6. The minimum atomic E-state index is -0.696. The molecule has 0 bridgehead atoms. The second kappa shape index (κ2) is 9.61. The Morgan fingerprint density at radius 3 is 2.50 bits per heavy atom. The number of hydrogen-bond donors (Lipinski definition) is 2. The number of hydrogen-bond acceptors (Lipinski definition) is 4. The Morgan fingerprint density at radius 1 is 1.33 bits per heavy atom. The first-order chi connectivity index (χ1) is 8.47. The first-order valence-electron chi connectivity index (χ1n) is 5.76. The van der Waals surface area contributed by atoms with Crippen molar-refractivity contribution in [3.05, 3.63) is 11.6 Å². The minimum Gasteiger partial charge on any atom is -0.382 e. The predicted molar refractivity (Wildman–Crippen MR) is 67.9 cm³/mol. The van der Waals surface area contributed by atoms with Gasteiger partial charge in [-0.15, -0.1) is 0 Å². The molecule has 6 nitrogen and oxygen atoms in total. The van der Waals surface area contributed by atoms with Crippen molar-refractivity contribution in [2.75, 3.05) is 26.9 Å². The van der Waals surface area contributed by atoms with Gasteiger partial charge in [-0.3, -0.25) is 9.59 Å². The molecule has 0 aliphatic rings. The fraction of sp³-hybridized carbons (Fsp3) is 0.667. The highest BCUT2D eigenvalue weighted by Crippen LogP contribution is 1.98. The lowest BCUT2D eigenvalue weighted by Gasteiger charge is -2.14. The molecule has 104 valence electrons. The van der Waals surface area contributed by atoms with Crippen LogP contribution >= 0.6 is 0 Å². The number of carbonyl (C=O) groups excluding carboxylic acids is 2. The number of primary amides is 1. The summed E-state index contributed by atoms with van der Waals surface area (Å²) in [5.41, 5.74) is 6.27. The van der Waals surface area contributed by atoms with Crippen molar-refractivity contribution < 1.29 is 19.1 Å². The largest absolute Gasteiger partial charge is 0.382 e. The van der Waals surface area contributed by atoms with Gasteiger partial charge in [-0.05, 0) is 20.3 Å². The number of amides is 2. The van der Waals surface area contributed by atoms with E-state index in [0.29, 0.717) is 19.6 Å². The Morgan fingerprint density at radius 2 is 2.00 bits per heavy atom. The number of nitrogens with two attached hydrogens (primary N) is 1. The van der Waals surface area contributed by atoms with E-state index in [1.54, 1.807) is 7.11 Å². The molecule has 2 amide bonds. The molecule has 0 aromatic carbocycles. The lowest BCUT2D eigenvalue weighted by molar-refractivity contribution is -0.130.